The van der Waals surface area contributed by atoms with Crippen LogP contribution in [-0.2, 0) is 36.5 Å². The Morgan fingerprint density at radius 2 is 1.51 bits per heavy atom. The number of nitrogens with zero attached hydrogens (tertiary/aromatic N) is 1. The average Bonchev–Trinajstić information content (AvgIpc) is 3.61. The molecule has 1 aliphatic rings. The van der Waals surface area contributed by atoms with Gasteiger partial charge in [0.1, 0.15) is 17.1 Å². The first-order valence-corrected chi connectivity index (χ1v) is 18.0. The normalized spacial score (nSPS) is 15.9. The lowest BCUT2D eigenvalue weighted by atomic mass is 10.0. The molecule has 0 saturated carbocycles. The van der Waals surface area contributed by atoms with E-state index in [2.05, 4.69) is 16.0 Å². The van der Waals surface area contributed by atoms with Crippen LogP contribution in [0.5, 0.6) is 0 Å². The number of rotatable bonds is 18. The molecule has 14 heteroatoms. The SMILES string of the molecule is CC(C)CN(CC(O)C(Cc1ccccc1)NC(=O)OC1CCOC1)S(=O)c1ccc(NC(=O)CCCC(=O)Nc2ccc(C(=O)O)cc2)cc1. The minimum atomic E-state index is -1.67. The van der Waals surface area contributed by atoms with Crippen LogP contribution in [-0.4, -0.2) is 87.2 Å². The molecule has 1 fully saturated rings. The highest BCUT2D eigenvalue weighted by atomic mass is 32.2. The molecule has 1 aliphatic heterocycles. The number of amides is 3. The van der Waals surface area contributed by atoms with Gasteiger partial charge in [0.05, 0.1) is 35.8 Å². The fourth-order valence-electron chi connectivity index (χ4n) is 5.40. The smallest absolute Gasteiger partial charge is 0.407 e. The largest absolute Gasteiger partial charge is 0.478 e. The zero-order valence-electron chi connectivity index (χ0n) is 28.8. The highest BCUT2D eigenvalue weighted by molar-refractivity contribution is 7.82. The molecule has 0 aromatic heterocycles. The van der Waals surface area contributed by atoms with Crippen molar-refractivity contribution in [2.75, 3.05) is 36.9 Å². The summed E-state index contributed by atoms with van der Waals surface area (Å²) < 4.78 is 26.3. The van der Waals surface area contributed by atoms with Gasteiger partial charge in [0, 0.05) is 43.7 Å². The summed E-state index contributed by atoms with van der Waals surface area (Å²) in [6.07, 6.45) is -0.638. The predicted octanol–water partition coefficient (Wildman–Crippen LogP) is 4.60. The van der Waals surface area contributed by atoms with Crippen molar-refractivity contribution in [1.82, 2.24) is 9.62 Å². The molecule has 0 bridgehead atoms. The number of aliphatic hydroxyl groups is 1. The lowest BCUT2D eigenvalue weighted by molar-refractivity contribution is -0.117. The third kappa shape index (κ3) is 13.2. The van der Waals surface area contributed by atoms with Crippen molar-refractivity contribution in [2.45, 2.75) is 69.1 Å². The molecule has 13 nitrogen and oxygen atoms in total. The number of ether oxygens (including phenoxy) is 2. The Balaban J connectivity index is 1.31. The van der Waals surface area contributed by atoms with E-state index in [1.807, 2.05) is 44.2 Å². The highest BCUT2D eigenvalue weighted by Gasteiger charge is 2.29. The van der Waals surface area contributed by atoms with Crippen LogP contribution in [0.15, 0.2) is 83.8 Å². The maximum atomic E-state index is 13.8. The number of alkyl carbamates (subject to hydrolysis) is 1. The second kappa shape index (κ2) is 19.7. The van der Waals surface area contributed by atoms with Crippen molar-refractivity contribution in [1.29, 1.82) is 0 Å². The van der Waals surface area contributed by atoms with E-state index in [9.17, 15) is 28.5 Å². The molecule has 0 aliphatic carbocycles. The zero-order chi connectivity index (χ0) is 36.8. The molecular formula is C37H46N4O9S. The quantitative estimate of drug-likeness (QED) is 0.125. The first kappa shape index (κ1) is 39.2. The molecule has 1 saturated heterocycles. The molecule has 1 heterocycles. The summed E-state index contributed by atoms with van der Waals surface area (Å²) in [6, 6.07) is 21.1. The van der Waals surface area contributed by atoms with Crippen molar-refractivity contribution >= 4 is 46.2 Å². The van der Waals surface area contributed by atoms with E-state index in [1.54, 1.807) is 28.6 Å². The van der Waals surface area contributed by atoms with E-state index in [4.69, 9.17) is 14.6 Å². The third-order valence-electron chi connectivity index (χ3n) is 7.98. The van der Waals surface area contributed by atoms with Crippen LogP contribution >= 0.6 is 0 Å². The third-order valence-corrected chi connectivity index (χ3v) is 9.43. The molecule has 3 aromatic rings. The summed E-state index contributed by atoms with van der Waals surface area (Å²) in [6.45, 7) is 5.24. The number of carbonyl (C=O) groups is 4. The number of hydrogen-bond acceptors (Lipinski definition) is 8. The maximum absolute atomic E-state index is 13.8. The Morgan fingerprint density at radius 1 is 0.902 bits per heavy atom. The topological polar surface area (TPSA) is 184 Å². The summed E-state index contributed by atoms with van der Waals surface area (Å²) in [7, 11) is -1.67. The van der Waals surface area contributed by atoms with Crippen LogP contribution in [0.3, 0.4) is 0 Å². The number of carboxylic acids is 1. The molecule has 4 rings (SSSR count). The molecular weight excluding hydrogens is 676 g/mol. The van der Waals surface area contributed by atoms with Gasteiger partial charge in [-0.05, 0) is 72.9 Å². The summed E-state index contributed by atoms with van der Waals surface area (Å²) >= 11 is 0. The van der Waals surface area contributed by atoms with Crippen LogP contribution in [0.2, 0.25) is 0 Å². The van der Waals surface area contributed by atoms with Gasteiger partial charge in [-0.25, -0.2) is 18.1 Å². The number of aliphatic hydroxyl groups excluding tert-OH is 1. The molecule has 0 radical (unpaired) electrons. The molecule has 274 valence electrons. The van der Waals surface area contributed by atoms with Crippen LogP contribution in [0.1, 0.15) is 55.5 Å². The standard InChI is InChI=1S/C37H46N4O9S/c1-25(2)22-41(23-33(42)32(21-26-7-4-3-5-8-26)40-37(47)50-30-19-20-49-24-30)51(48)31-17-15-29(16-18-31)39-35(44)10-6-9-34(43)38-28-13-11-27(12-14-28)36(45)46/h3-5,7-8,11-18,25,30,32-33,42H,6,9-10,19-24H2,1-2H3,(H,38,43)(H,39,44)(H,40,47)(H,45,46). The monoisotopic (exact) mass is 722 g/mol. The van der Waals surface area contributed by atoms with E-state index in [1.165, 1.54) is 24.3 Å². The lowest BCUT2D eigenvalue weighted by Gasteiger charge is -2.30. The number of nitrogens with one attached hydrogen (secondary N) is 3. The highest BCUT2D eigenvalue weighted by Crippen LogP contribution is 2.19. The number of anilines is 2. The predicted molar refractivity (Wildman–Crippen MR) is 193 cm³/mol. The van der Waals surface area contributed by atoms with E-state index in [0.717, 1.165) is 5.56 Å². The molecule has 4 atom stereocenters. The Hall–Kier alpha value is -4.63. The molecule has 3 aromatic carbocycles. The zero-order valence-corrected chi connectivity index (χ0v) is 29.6. The van der Waals surface area contributed by atoms with Crippen LogP contribution < -0.4 is 16.0 Å². The summed E-state index contributed by atoms with van der Waals surface area (Å²) in [5.74, 6) is -1.52. The summed E-state index contributed by atoms with van der Waals surface area (Å²) in [5, 5.41) is 28.7. The van der Waals surface area contributed by atoms with Crippen molar-refractivity contribution in [2.24, 2.45) is 5.92 Å². The van der Waals surface area contributed by atoms with Crippen LogP contribution in [0.4, 0.5) is 16.2 Å². The van der Waals surface area contributed by atoms with Gasteiger partial charge in [-0.2, -0.15) is 0 Å². The molecule has 5 N–H and O–H groups in total. The van der Waals surface area contributed by atoms with Gasteiger partial charge in [0.25, 0.3) is 0 Å². The van der Waals surface area contributed by atoms with Gasteiger partial charge in [0.15, 0.2) is 0 Å². The van der Waals surface area contributed by atoms with E-state index < -0.39 is 35.2 Å². The van der Waals surface area contributed by atoms with Gasteiger partial charge in [-0.3, -0.25) is 9.59 Å². The van der Waals surface area contributed by atoms with E-state index in [0.29, 0.717) is 55.3 Å². The second-order valence-corrected chi connectivity index (χ2v) is 14.2. The minimum absolute atomic E-state index is 0.00875. The minimum Gasteiger partial charge on any atom is -0.478 e. The van der Waals surface area contributed by atoms with Gasteiger partial charge in [-0.15, -0.1) is 0 Å². The number of carboxylic acid groups (broad SMARTS) is 1. The first-order chi connectivity index (χ1) is 24.5. The van der Waals surface area contributed by atoms with Gasteiger partial charge >= 0.3 is 12.1 Å². The molecule has 3 amide bonds. The Labute approximate surface area is 300 Å². The van der Waals surface area contributed by atoms with Crippen molar-refractivity contribution in [3.8, 4) is 0 Å². The Kier molecular flexibility index (Phi) is 15.1. The first-order valence-electron chi connectivity index (χ1n) is 16.9. The summed E-state index contributed by atoms with van der Waals surface area (Å²) in [5.41, 5.74) is 1.99. The lowest BCUT2D eigenvalue weighted by Crippen LogP contribution is -2.50. The number of aromatic carboxylic acids is 1. The Bertz CT molecular complexity index is 1620. The molecule has 51 heavy (non-hydrogen) atoms. The van der Waals surface area contributed by atoms with Crippen LogP contribution in [0.25, 0.3) is 0 Å². The average molecular weight is 723 g/mol. The second-order valence-electron chi connectivity index (χ2n) is 12.7. The number of carbonyl (C=O) groups excluding carboxylic acids is 3. The van der Waals surface area contributed by atoms with Gasteiger partial charge in [-0.1, -0.05) is 44.2 Å². The summed E-state index contributed by atoms with van der Waals surface area (Å²) in [4.78, 5) is 49.0. The Morgan fingerprint density at radius 3 is 2.06 bits per heavy atom. The van der Waals surface area contributed by atoms with E-state index in [-0.39, 0.29) is 48.8 Å². The number of hydrogen-bond donors (Lipinski definition) is 5. The fourth-order valence-corrected chi connectivity index (χ4v) is 6.79. The number of benzene rings is 3. The van der Waals surface area contributed by atoms with E-state index >= 15 is 0 Å². The fraction of sp³-hybridized carbons (Fsp3) is 0.405. The van der Waals surface area contributed by atoms with Crippen molar-refractivity contribution < 1.29 is 43.1 Å². The molecule has 0 spiro atoms. The van der Waals surface area contributed by atoms with Crippen molar-refractivity contribution in [3.63, 3.8) is 0 Å². The van der Waals surface area contributed by atoms with Gasteiger partial charge in [0.2, 0.25) is 11.8 Å². The maximum Gasteiger partial charge on any atom is 0.407 e. The van der Waals surface area contributed by atoms with Gasteiger partial charge < -0.3 is 35.6 Å². The van der Waals surface area contributed by atoms with Crippen LogP contribution in [0, 0.1) is 5.92 Å². The molecule has 4 unspecified atom stereocenters. The van der Waals surface area contributed by atoms with Crippen molar-refractivity contribution in [3.05, 3.63) is 90.0 Å².